The molecule has 86 valence electrons. The van der Waals surface area contributed by atoms with E-state index in [1.54, 1.807) is 0 Å². The van der Waals surface area contributed by atoms with Gasteiger partial charge in [0.25, 0.3) is 0 Å². The SMILES string of the molecule is CCCC(CC)(NCCN=[N+]=[N-])C(=O)O. The van der Waals surface area contributed by atoms with Crippen molar-refractivity contribution in [1.29, 1.82) is 0 Å². The van der Waals surface area contributed by atoms with Crippen molar-refractivity contribution in [3.63, 3.8) is 0 Å². The summed E-state index contributed by atoms with van der Waals surface area (Å²) in [7, 11) is 0. The van der Waals surface area contributed by atoms with Crippen molar-refractivity contribution in [3.8, 4) is 0 Å². The van der Waals surface area contributed by atoms with Gasteiger partial charge in [-0.25, -0.2) is 0 Å². The quantitative estimate of drug-likeness (QED) is 0.279. The standard InChI is InChI=1S/C9H18N4O2/c1-3-5-9(4-2,8(14)15)11-6-7-12-13-10/h11H,3-7H2,1-2H3,(H,14,15). The first kappa shape index (κ1) is 13.7. The molecule has 0 amide bonds. The lowest BCUT2D eigenvalue weighted by Gasteiger charge is -2.28. The summed E-state index contributed by atoms with van der Waals surface area (Å²) in [5.41, 5.74) is 7.20. The van der Waals surface area contributed by atoms with Crippen LogP contribution in [0, 0.1) is 0 Å². The smallest absolute Gasteiger partial charge is 0.323 e. The highest BCUT2D eigenvalue weighted by Gasteiger charge is 2.34. The molecule has 0 aliphatic rings. The minimum absolute atomic E-state index is 0.273. The van der Waals surface area contributed by atoms with Crippen molar-refractivity contribution in [2.45, 2.75) is 38.6 Å². The molecule has 0 aromatic heterocycles. The molecular formula is C9H18N4O2. The van der Waals surface area contributed by atoms with Gasteiger partial charge in [0.1, 0.15) is 5.54 Å². The molecule has 0 aromatic rings. The first-order valence-corrected chi connectivity index (χ1v) is 5.12. The molecule has 2 N–H and O–H groups in total. The molecule has 0 saturated heterocycles. The predicted octanol–water partition coefficient (Wildman–Crippen LogP) is 1.92. The number of rotatable bonds is 8. The van der Waals surface area contributed by atoms with Crippen LogP contribution in [-0.2, 0) is 4.79 Å². The van der Waals surface area contributed by atoms with Crippen molar-refractivity contribution in [3.05, 3.63) is 10.4 Å². The third-order valence-corrected chi connectivity index (χ3v) is 2.43. The van der Waals surface area contributed by atoms with Gasteiger partial charge in [-0.3, -0.25) is 4.79 Å². The van der Waals surface area contributed by atoms with E-state index >= 15 is 0 Å². The first-order chi connectivity index (χ1) is 7.13. The summed E-state index contributed by atoms with van der Waals surface area (Å²) in [5.74, 6) is -0.840. The monoisotopic (exact) mass is 214 g/mol. The van der Waals surface area contributed by atoms with Gasteiger partial charge in [0.15, 0.2) is 0 Å². The summed E-state index contributed by atoms with van der Waals surface area (Å²) in [4.78, 5) is 13.7. The van der Waals surface area contributed by atoms with Gasteiger partial charge >= 0.3 is 5.97 Å². The normalized spacial score (nSPS) is 14.0. The summed E-state index contributed by atoms with van der Waals surface area (Å²) >= 11 is 0. The van der Waals surface area contributed by atoms with Gasteiger partial charge in [0.2, 0.25) is 0 Å². The van der Waals surface area contributed by atoms with Crippen molar-refractivity contribution in [2.24, 2.45) is 5.11 Å². The molecule has 0 bridgehead atoms. The number of azide groups is 1. The Bertz CT molecular complexity index is 250. The summed E-state index contributed by atoms with van der Waals surface area (Å²) in [6.07, 6.45) is 1.90. The van der Waals surface area contributed by atoms with E-state index in [0.717, 1.165) is 6.42 Å². The number of hydrogen-bond acceptors (Lipinski definition) is 3. The third kappa shape index (κ3) is 4.18. The van der Waals surface area contributed by atoms with Gasteiger partial charge in [0, 0.05) is 18.0 Å². The zero-order valence-electron chi connectivity index (χ0n) is 9.23. The molecule has 1 atom stereocenters. The third-order valence-electron chi connectivity index (χ3n) is 2.43. The number of carbonyl (C=O) groups is 1. The zero-order chi connectivity index (χ0) is 11.7. The molecule has 0 radical (unpaired) electrons. The lowest BCUT2D eigenvalue weighted by molar-refractivity contribution is -0.145. The van der Waals surface area contributed by atoms with Gasteiger partial charge in [-0.1, -0.05) is 25.4 Å². The van der Waals surface area contributed by atoms with Crippen LogP contribution >= 0.6 is 0 Å². The van der Waals surface area contributed by atoms with Crippen LogP contribution in [0.2, 0.25) is 0 Å². The topological polar surface area (TPSA) is 98.1 Å². The lowest BCUT2D eigenvalue weighted by Crippen LogP contribution is -2.52. The summed E-state index contributed by atoms with van der Waals surface area (Å²) < 4.78 is 0. The van der Waals surface area contributed by atoms with E-state index in [4.69, 9.17) is 10.6 Å². The first-order valence-electron chi connectivity index (χ1n) is 5.12. The van der Waals surface area contributed by atoms with Gasteiger partial charge in [-0.2, -0.15) is 0 Å². The van der Waals surface area contributed by atoms with E-state index in [-0.39, 0.29) is 6.54 Å². The fourth-order valence-corrected chi connectivity index (χ4v) is 1.54. The van der Waals surface area contributed by atoms with E-state index in [2.05, 4.69) is 15.3 Å². The fraction of sp³-hybridized carbons (Fsp3) is 0.889. The average Bonchev–Trinajstić information content (AvgIpc) is 2.22. The van der Waals surface area contributed by atoms with Crippen molar-refractivity contribution >= 4 is 5.97 Å². The Morgan fingerprint density at radius 3 is 2.67 bits per heavy atom. The Morgan fingerprint density at radius 2 is 2.27 bits per heavy atom. The summed E-state index contributed by atoms with van der Waals surface area (Å²) in [5, 5.41) is 15.5. The largest absolute Gasteiger partial charge is 0.480 e. The lowest BCUT2D eigenvalue weighted by atomic mass is 9.90. The number of hydrogen-bond donors (Lipinski definition) is 2. The molecule has 1 unspecified atom stereocenters. The maximum Gasteiger partial charge on any atom is 0.323 e. The van der Waals surface area contributed by atoms with Crippen LogP contribution in [0.3, 0.4) is 0 Å². The highest BCUT2D eigenvalue weighted by atomic mass is 16.4. The molecule has 0 aliphatic carbocycles. The average molecular weight is 214 g/mol. The van der Waals surface area contributed by atoms with E-state index in [1.165, 1.54) is 0 Å². The number of nitrogens with one attached hydrogen (secondary N) is 1. The van der Waals surface area contributed by atoms with Gasteiger partial charge in [0.05, 0.1) is 0 Å². The van der Waals surface area contributed by atoms with Crippen LogP contribution in [0.15, 0.2) is 5.11 Å². The van der Waals surface area contributed by atoms with E-state index < -0.39 is 11.5 Å². The molecule has 6 nitrogen and oxygen atoms in total. The number of aliphatic carboxylic acids is 1. The Kier molecular flexibility index (Phi) is 6.49. The van der Waals surface area contributed by atoms with E-state index in [0.29, 0.717) is 19.4 Å². The minimum atomic E-state index is -0.875. The Hall–Kier alpha value is -1.26. The Morgan fingerprint density at radius 1 is 1.60 bits per heavy atom. The second-order valence-electron chi connectivity index (χ2n) is 3.37. The second kappa shape index (κ2) is 7.09. The second-order valence-corrected chi connectivity index (χ2v) is 3.37. The molecule has 0 fully saturated rings. The van der Waals surface area contributed by atoms with Crippen LogP contribution < -0.4 is 5.32 Å². The van der Waals surface area contributed by atoms with Crippen LogP contribution in [0.4, 0.5) is 0 Å². The maximum atomic E-state index is 11.1. The fourth-order valence-electron chi connectivity index (χ4n) is 1.54. The van der Waals surface area contributed by atoms with Crippen molar-refractivity contribution in [1.82, 2.24) is 5.32 Å². The van der Waals surface area contributed by atoms with Gasteiger partial charge in [-0.15, -0.1) is 0 Å². The van der Waals surface area contributed by atoms with Crippen LogP contribution in [-0.4, -0.2) is 29.7 Å². The number of carboxylic acids is 1. The van der Waals surface area contributed by atoms with E-state index in [9.17, 15) is 4.79 Å². The minimum Gasteiger partial charge on any atom is -0.480 e. The molecule has 0 saturated carbocycles. The molecule has 0 aliphatic heterocycles. The highest BCUT2D eigenvalue weighted by Crippen LogP contribution is 2.17. The van der Waals surface area contributed by atoms with Crippen LogP contribution in [0.1, 0.15) is 33.1 Å². The molecule has 0 heterocycles. The van der Waals surface area contributed by atoms with Gasteiger partial charge in [-0.05, 0) is 18.4 Å². The Labute approximate surface area is 89.3 Å². The number of carboxylic acid groups (broad SMARTS) is 1. The maximum absolute atomic E-state index is 11.1. The molecule has 0 rings (SSSR count). The summed E-state index contributed by atoms with van der Waals surface area (Å²) in [6.45, 7) is 4.45. The molecule has 15 heavy (non-hydrogen) atoms. The number of nitrogens with zero attached hydrogens (tertiary/aromatic N) is 3. The van der Waals surface area contributed by atoms with Gasteiger partial charge < -0.3 is 10.4 Å². The predicted molar refractivity (Wildman–Crippen MR) is 57.6 cm³/mol. The molecular weight excluding hydrogens is 196 g/mol. The van der Waals surface area contributed by atoms with E-state index in [1.807, 2.05) is 13.8 Å². The molecule has 6 heteroatoms. The van der Waals surface area contributed by atoms with Crippen LogP contribution in [0.5, 0.6) is 0 Å². The Balaban J connectivity index is 4.34. The molecule has 0 spiro atoms. The summed E-state index contributed by atoms with van der Waals surface area (Å²) in [6, 6.07) is 0. The van der Waals surface area contributed by atoms with Crippen molar-refractivity contribution < 1.29 is 9.90 Å². The highest BCUT2D eigenvalue weighted by molar-refractivity contribution is 5.78. The van der Waals surface area contributed by atoms with Crippen LogP contribution in [0.25, 0.3) is 10.4 Å². The zero-order valence-corrected chi connectivity index (χ0v) is 9.23. The molecule has 0 aromatic carbocycles. The van der Waals surface area contributed by atoms with Crippen molar-refractivity contribution in [2.75, 3.05) is 13.1 Å².